The number of pyridine rings is 2. The summed E-state index contributed by atoms with van der Waals surface area (Å²) in [5.41, 5.74) is 3.99. The van der Waals surface area contributed by atoms with Crippen molar-refractivity contribution in [3.8, 4) is 11.6 Å². The summed E-state index contributed by atoms with van der Waals surface area (Å²) in [6.07, 6.45) is 7.31. The molecule has 0 radical (unpaired) electrons. The fourth-order valence-corrected chi connectivity index (χ4v) is 5.68. The Hall–Kier alpha value is -4.48. The van der Waals surface area contributed by atoms with Gasteiger partial charge in [-0.1, -0.05) is 24.3 Å². The van der Waals surface area contributed by atoms with Crippen LogP contribution in [0.2, 0.25) is 0 Å². The number of carbonyl (C=O) groups is 1. The first-order valence-corrected chi connectivity index (χ1v) is 16.1. The molecule has 4 aromatic rings. The van der Waals surface area contributed by atoms with Crippen LogP contribution >= 0.6 is 0 Å². The van der Waals surface area contributed by atoms with E-state index in [0.29, 0.717) is 23.0 Å². The normalized spacial score (nSPS) is 15.7. The number of carbonyl (C=O) groups excluding carboxylic acids is 1. The van der Waals surface area contributed by atoms with Crippen molar-refractivity contribution in [2.75, 3.05) is 34.3 Å². The number of nitrogens with one attached hydrogen (secondary N) is 2. The van der Waals surface area contributed by atoms with Crippen LogP contribution in [0.1, 0.15) is 30.5 Å². The quantitative estimate of drug-likeness (QED) is 0.241. The van der Waals surface area contributed by atoms with Crippen LogP contribution in [-0.2, 0) is 16.6 Å². The number of nitrogens with zero attached hydrogens (tertiary/aromatic N) is 4. The Balaban J connectivity index is 1.19. The molecule has 3 heterocycles. The molecule has 43 heavy (non-hydrogen) atoms. The summed E-state index contributed by atoms with van der Waals surface area (Å²) in [5, 5.41) is 3.03. The van der Waals surface area contributed by atoms with Gasteiger partial charge in [0.25, 0.3) is 0 Å². The number of ether oxygens (including phenoxy) is 1. The Morgan fingerprint density at radius 3 is 2.37 bits per heavy atom. The van der Waals surface area contributed by atoms with Crippen LogP contribution in [0.4, 0.5) is 21.9 Å². The van der Waals surface area contributed by atoms with E-state index in [-0.39, 0.29) is 12.1 Å². The lowest BCUT2D eigenvalue weighted by Gasteiger charge is -2.31. The fraction of sp³-hybridized carbons (Fsp3) is 0.281. The molecule has 1 aliphatic rings. The second-order valence-corrected chi connectivity index (χ2v) is 12.4. The van der Waals surface area contributed by atoms with Gasteiger partial charge in [-0.15, -0.1) is 0 Å². The van der Waals surface area contributed by atoms with Gasteiger partial charge in [0.1, 0.15) is 5.75 Å². The smallest absolute Gasteiger partial charge is 0.326 e. The van der Waals surface area contributed by atoms with E-state index in [1.54, 1.807) is 30.5 Å². The molecule has 2 N–H and O–H groups in total. The maximum absolute atomic E-state index is 13.5. The van der Waals surface area contributed by atoms with Gasteiger partial charge in [0.2, 0.25) is 15.9 Å². The van der Waals surface area contributed by atoms with Gasteiger partial charge in [-0.05, 0) is 86.8 Å². The molecule has 2 aromatic carbocycles. The number of urea groups is 1. The number of anilines is 3. The first-order chi connectivity index (χ1) is 20.7. The lowest BCUT2D eigenvalue weighted by atomic mass is 10.1. The van der Waals surface area contributed by atoms with Crippen molar-refractivity contribution in [2.24, 2.45) is 0 Å². The zero-order valence-electron chi connectivity index (χ0n) is 24.3. The average Bonchev–Trinajstić information content (AvgIpc) is 3.21. The van der Waals surface area contributed by atoms with E-state index in [1.807, 2.05) is 72.6 Å². The van der Waals surface area contributed by atoms with Gasteiger partial charge in [0.05, 0.1) is 18.1 Å². The van der Waals surface area contributed by atoms with E-state index in [0.717, 1.165) is 62.1 Å². The molecule has 5 rings (SSSR count). The number of likely N-dealkylation sites (tertiary alicyclic amines) is 1. The predicted octanol–water partition coefficient (Wildman–Crippen LogP) is 6.04. The molecule has 224 valence electrons. The van der Waals surface area contributed by atoms with E-state index in [9.17, 15) is 13.2 Å². The molecular weight excluding hydrogens is 564 g/mol. The molecule has 1 saturated heterocycles. The van der Waals surface area contributed by atoms with E-state index in [4.69, 9.17) is 4.74 Å². The van der Waals surface area contributed by atoms with Gasteiger partial charge in [-0.3, -0.25) is 19.5 Å². The molecule has 1 aliphatic heterocycles. The molecule has 1 fully saturated rings. The average molecular weight is 601 g/mol. The van der Waals surface area contributed by atoms with Gasteiger partial charge in [-0.25, -0.2) is 18.2 Å². The molecule has 1 unspecified atom stereocenters. The number of rotatable bonds is 9. The number of hydrogen-bond acceptors (Lipinski definition) is 7. The monoisotopic (exact) mass is 600 g/mol. The molecule has 0 aliphatic carbocycles. The summed E-state index contributed by atoms with van der Waals surface area (Å²) in [5.74, 6) is 1.01. The Kier molecular flexibility index (Phi) is 9.53. The van der Waals surface area contributed by atoms with Gasteiger partial charge in [0, 0.05) is 48.5 Å². The van der Waals surface area contributed by atoms with E-state index < -0.39 is 10.0 Å². The van der Waals surface area contributed by atoms with Crippen LogP contribution < -0.4 is 19.7 Å². The first-order valence-electron chi connectivity index (χ1n) is 14.2. The SMILES string of the molecule is Cc1ccc(NC(=O)N(c2ccccc2)C2CCCN(Cc3ccc(Oc4ccc(NS(C)(=O)=O)cc4)nc3)CC2)cn1. The van der Waals surface area contributed by atoms with Crippen molar-refractivity contribution >= 4 is 33.1 Å². The van der Waals surface area contributed by atoms with Crippen LogP contribution in [0.15, 0.2) is 91.3 Å². The topological polar surface area (TPSA) is 117 Å². The van der Waals surface area contributed by atoms with Crippen molar-refractivity contribution in [1.82, 2.24) is 14.9 Å². The third-order valence-corrected chi connectivity index (χ3v) is 7.76. The summed E-state index contributed by atoms with van der Waals surface area (Å²) in [6, 6.07) is 24.0. The highest BCUT2D eigenvalue weighted by atomic mass is 32.2. The van der Waals surface area contributed by atoms with Crippen LogP contribution in [0.25, 0.3) is 0 Å². The Morgan fingerprint density at radius 2 is 1.70 bits per heavy atom. The lowest BCUT2D eigenvalue weighted by molar-refractivity contribution is 0.252. The highest BCUT2D eigenvalue weighted by Crippen LogP contribution is 2.26. The summed E-state index contributed by atoms with van der Waals surface area (Å²) >= 11 is 0. The van der Waals surface area contributed by atoms with E-state index in [1.165, 1.54) is 0 Å². The lowest BCUT2D eigenvalue weighted by Crippen LogP contribution is -2.43. The minimum Gasteiger partial charge on any atom is -0.439 e. The Morgan fingerprint density at radius 1 is 0.930 bits per heavy atom. The van der Waals surface area contributed by atoms with E-state index in [2.05, 4.69) is 24.9 Å². The second kappa shape index (κ2) is 13.7. The maximum atomic E-state index is 13.5. The third kappa shape index (κ3) is 8.76. The largest absolute Gasteiger partial charge is 0.439 e. The highest BCUT2D eigenvalue weighted by Gasteiger charge is 2.28. The summed E-state index contributed by atoms with van der Waals surface area (Å²) < 4.78 is 31.1. The molecule has 10 nitrogen and oxygen atoms in total. The summed E-state index contributed by atoms with van der Waals surface area (Å²) in [6.45, 7) is 4.44. The maximum Gasteiger partial charge on any atom is 0.326 e. The number of para-hydroxylation sites is 1. The summed E-state index contributed by atoms with van der Waals surface area (Å²) in [4.78, 5) is 26.6. The van der Waals surface area contributed by atoms with Crippen molar-refractivity contribution in [1.29, 1.82) is 0 Å². The van der Waals surface area contributed by atoms with Crippen LogP contribution in [0, 0.1) is 6.92 Å². The summed E-state index contributed by atoms with van der Waals surface area (Å²) in [7, 11) is -3.33. The molecule has 0 saturated carbocycles. The van der Waals surface area contributed by atoms with Crippen molar-refractivity contribution in [2.45, 2.75) is 38.8 Å². The zero-order chi connectivity index (χ0) is 30.2. The fourth-order valence-electron chi connectivity index (χ4n) is 5.11. The number of amides is 2. The number of aryl methyl sites for hydroxylation is 1. The van der Waals surface area contributed by atoms with Gasteiger partial charge in [0.15, 0.2) is 0 Å². The van der Waals surface area contributed by atoms with Gasteiger partial charge >= 0.3 is 6.03 Å². The molecule has 2 aromatic heterocycles. The predicted molar refractivity (Wildman–Crippen MR) is 169 cm³/mol. The number of benzene rings is 2. The molecular formula is C32H36N6O4S. The minimum absolute atomic E-state index is 0.0544. The standard InChI is InChI=1S/C32H36N6O4S/c1-24-10-12-27(22-33-24)35-32(39)38(28-7-4-3-5-8-28)29-9-6-19-37(20-18-29)23-25-11-17-31(34-21-25)42-30-15-13-26(14-16-30)36-43(2,40)41/h3-5,7-8,10-17,21-22,29,36H,6,9,18-20,23H2,1-2H3,(H,35,39). The van der Waals surface area contributed by atoms with Crippen molar-refractivity contribution in [3.63, 3.8) is 0 Å². The second-order valence-electron chi connectivity index (χ2n) is 10.7. The Labute approximate surface area is 252 Å². The molecule has 1 atom stereocenters. The van der Waals surface area contributed by atoms with E-state index >= 15 is 0 Å². The molecule has 11 heteroatoms. The zero-order valence-corrected chi connectivity index (χ0v) is 25.1. The minimum atomic E-state index is -3.33. The van der Waals surface area contributed by atoms with Crippen molar-refractivity contribution in [3.05, 3.63) is 103 Å². The number of sulfonamides is 1. The molecule has 0 bridgehead atoms. The molecule has 0 spiro atoms. The highest BCUT2D eigenvalue weighted by molar-refractivity contribution is 7.92. The number of hydrogen-bond donors (Lipinski definition) is 2. The van der Waals surface area contributed by atoms with Gasteiger partial charge < -0.3 is 10.1 Å². The van der Waals surface area contributed by atoms with Crippen molar-refractivity contribution < 1.29 is 17.9 Å². The first kappa shape index (κ1) is 30.0. The van der Waals surface area contributed by atoms with Gasteiger partial charge in [-0.2, -0.15) is 0 Å². The molecule has 2 amide bonds. The number of aromatic nitrogens is 2. The van der Waals surface area contributed by atoms with Crippen LogP contribution in [0.5, 0.6) is 11.6 Å². The van der Waals surface area contributed by atoms with Crippen LogP contribution in [-0.4, -0.2) is 54.7 Å². The third-order valence-electron chi connectivity index (χ3n) is 7.15. The Bertz CT molecular complexity index is 1600. The van der Waals surface area contributed by atoms with Crippen LogP contribution in [0.3, 0.4) is 0 Å².